The number of methoxy groups -OCH3 is 1. The molecule has 0 radical (unpaired) electrons. The van der Waals surface area contributed by atoms with E-state index in [-0.39, 0.29) is 39.2 Å². The zero-order valence-corrected chi connectivity index (χ0v) is 24.6. The van der Waals surface area contributed by atoms with Crippen LogP contribution in [0.1, 0.15) is 48.8 Å². The topological polar surface area (TPSA) is 116 Å². The number of ether oxygens (including phenoxy) is 2. The van der Waals surface area contributed by atoms with E-state index in [1.807, 2.05) is 0 Å². The van der Waals surface area contributed by atoms with Crippen molar-refractivity contribution in [3.05, 3.63) is 76.2 Å². The molecule has 2 atom stereocenters. The SMILES string of the molecule is COc1cc(C(=O)NCC(C)(c2cc(C(C)(C)N)cc(-c3ccc(F)c(Cl)c3)n2)C(F)(F)F)ccc1O[C@@H]1CCNC1=O. The average Bonchev–Trinajstić information content (AvgIpc) is 3.35. The largest absolute Gasteiger partial charge is 0.493 e. The van der Waals surface area contributed by atoms with Crippen LogP contribution in [0.2, 0.25) is 5.02 Å². The lowest BCUT2D eigenvalue weighted by molar-refractivity contribution is -0.184. The van der Waals surface area contributed by atoms with Crippen molar-refractivity contribution >= 4 is 23.4 Å². The first-order valence-corrected chi connectivity index (χ1v) is 13.7. The summed E-state index contributed by atoms with van der Waals surface area (Å²) in [5.41, 5.74) is 2.88. The number of amides is 2. The number of benzene rings is 2. The summed E-state index contributed by atoms with van der Waals surface area (Å²) in [5, 5.41) is 4.80. The summed E-state index contributed by atoms with van der Waals surface area (Å²) in [5.74, 6) is -1.44. The number of carbonyl (C=O) groups is 2. The summed E-state index contributed by atoms with van der Waals surface area (Å²) in [4.78, 5) is 29.2. The number of carbonyl (C=O) groups excluding carboxylic acids is 2. The van der Waals surface area contributed by atoms with Gasteiger partial charge in [0.2, 0.25) is 0 Å². The number of hydrogen-bond donors (Lipinski definition) is 3. The van der Waals surface area contributed by atoms with Gasteiger partial charge in [0.25, 0.3) is 11.8 Å². The molecule has 1 fully saturated rings. The van der Waals surface area contributed by atoms with Crippen LogP contribution in [0.4, 0.5) is 17.6 Å². The van der Waals surface area contributed by atoms with Gasteiger partial charge < -0.3 is 25.8 Å². The Morgan fingerprint density at radius 1 is 1.12 bits per heavy atom. The molecule has 0 bridgehead atoms. The Balaban J connectivity index is 1.66. The van der Waals surface area contributed by atoms with Crippen molar-refractivity contribution in [2.45, 2.75) is 50.4 Å². The lowest BCUT2D eigenvalue weighted by Crippen LogP contribution is -2.49. The zero-order chi connectivity index (χ0) is 31.7. The van der Waals surface area contributed by atoms with Crippen molar-refractivity contribution in [2.75, 3.05) is 20.2 Å². The third kappa shape index (κ3) is 6.86. The molecular formula is C30H31ClF4N4O4. The summed E-state index contributed by atoms with van der Waals surface area (Å²) < 4.78 is 69.1. The second-order valence-electron chi connectivity index (χ2n) is 11.0. The van der Waals surface area contributed by atoms with Crippen molar-refractivity contribution in [1.29, 1.82) is 0 Å². The number of nitrogens with zero attached hydrogens (tertiary/aromatic N) is 1. The maximum absolute atomic E-state index is 14.8. The van der Waals surface area contributed by atoms with Gasteiger partial charge in [-0.3, -0.25) is 14.6 Å². The summed E-state index contributed by atoms with van der Waals surface area (Å²) >= 11 is 5.93. The van der Waals surface area contributed by atoms with E-state index >= 15 is 0 Å². The molecule has 1 aliphatic heterocycles. The third-order valence-corrected chi connectivity index (χ3v) is 7.56. The summed E-state index contributed by atoms with van der Waals surface area (Å²) in [6.07, 6.45) is -5.13. The Morgan fingerprint density at radius 2 is 1.84 bits per heavy atom. The van der Waals surface area contributed by atoms with E-state index in [1.54, 1.807) is 13.8 Å². The van der Waals surface area contributed by atoms with Crippen molar-refractivity contribution < 1.29 is 36.6 Å². The number of rotatable bonds is 9. The van der Waals surface area contributed by atoms with Crippen LogP contribution in [0.3, 0.4) is 0 Å². The van der Waals surface area contributed by atoms with Gasteiger partial charge in [0.05, 0.1) is 23.5 Å². The molecule has 2 heterocycles. The molecule has 230 valence electrons. The fraction of sp³-hybridized carbons (Fsp3) is 0.367. The highest BCUT2D eigenvalue weighted by Gasteiger charge is 2.54. The molecule has 1 saturated heterocycles. The molecule has 1 aromatic heterocycles. The number of hydrogen-bond acceptors (Lipinski definition) is 6. The first-order valence-electron chi connectivity index (χ1n) is 13.3. The Kier molecular flexibility index (Phi) is 8.94. The van der Waals surface area contributed by atoms with Crippen molar-refractivity contribution in [3.63, 3.8) is 0 Å². The average molecular weight is 623 g/mol. The highest BCUT2D eigenvalue weighted by molar-refractivity contribution is 6.31. The molecular weight excluding hydrogens is 592 g/mol. The minimum absolute atomic E-state index is 0.0102. The van der Waals surface area contributed by atoms with Crippen LogP contribution >= 0.6 is 11.6 Å². The molecule has 2 amide bonds. The number of nitrogens with one attached hydrogen (secondary N) is 2. The maximum Gasteiger partial charge on any atom is 0.401 e. The van der Waals surface area contributed by atoms with E-state index in [2.05, 4.69) is 15.6 Å². The first kappa shape index (κ1) is 32.0. The van der Waals surface area contributed by atoms with Crippen LogP contribution in [-0.2, 0) is 15.7 Å². The quantitative estimate of drug-likeness (QED) is 0.281. The van der Waals surface area contributed by atoms with Crippen molar-refractivity contribution in [1.82, 2.24) is 15.6 Å². The predicted molar refractivity (Wildman–Crippen MR) is 153 cm³/mol. The van der Waals surface area contributed by atoms with E-state index in [9.17, 15) is 27.2 Å². The molecule has 8 nitrogen and oxygen atoms in total. The molecule has 2 aromatic carbocycles. The first-order chi connectivity index (χ1) is 20.0. The number of halogens is 5. The van der Waals surface area contributed by atoms with E-state index in [1.165, 1.54) is 49.6 Å². The van der Waals surface area contributed by atoms with Gasteiger partial charge in [0.1, 0.15) is 11.2 Å². The maximum atomic E-state index is 14.8. The highest BCUT2D eigenvalue weighted by Crippen LogP contribution is 2.42. The Morgan fingerprint density at radius 3 is 2.42 bits per heavy atom. The Bertz CT molecular complexity index is 1540. The smallest absolute Gasteiger partial charge is 0.401 e. The van der Waals surface area contributed by atoms with Gasteiger partial charge in [-0.25, -0.2) is 4.39 Å². The molecule has 1 unspecified atom stereocenters. The normalized spacial score (nSPS) is 16.8. The fourth-order valence-electron chi connectivity index (χ4n) is 4.43. The number of alkyl halides is 3. The van der Waals surface area contributed by atoms with Crippen molar-refractivity contribution in [2.24, 2.45) is 5.73 Å². The van der Waals surface area contributed by atoms with E-state index in [0.717, 1.165) is 13.0 Å². The number of nitrogens with two attached hydrogens (primary N) is 1. The van der Waals surface area contributed by atoms with Crippen LogP contribution in [0.5, 0.6) is 11.5 Å². The van der Waals surface area contributed by atoms with E-state index in [4.69, 9.17) is 26.8 Å². The van der Waals surface area contributed by atoms with Gasteiger partial charge in [-0.1, -0.05) is 11.6 Å². The molecule has 0 aliphatic carbocycles. The Labute approximate surface area is 250 Å². The van der Waals surface area contributed by atoms with Crippen LogP contribution in [0.25, 0.3) is 11.3 Å². The standard InChI is InChI=1S/C30H31ClF4N4O4/c1-28(2,36)18-13-21(16-5-7-20(32)19(31)11-16)39-25(14-18)29(3,30(33,34)35)15-38-26(40)17-6-8-22(24(12-17)42-4)43-23-9-10-37-27(23)41/h5-8,11-14,23H,9-10,15,36H2,1-4H3,(H,37,41)(H,38,40)/t23-,29?/m1/s1. The van der Waals surface area contributed by atoms with Gasteiger partial charge >= 0.3 is 6.18 Å². The number of pyridine rings is 1. The third-order valence-electron chi connectivity index (χ3n) is 7.27. The van der Waals surface area contributed by atoms with Gasteiger partial charge in [0.15, 0.2) is 17.6 Å². The van der Waals surface area contributed by atoms with E-state index < -0.39 is 47.2 Å². The van der Waals surface area contributed by atoms with Crippen LogP contribution in [-0.4, -0.2) is 49.3 Å². The molecule has 43 heavy (non-hydrogen) atoms. The Hall–Kier alpha value is -3.90. The second kappa shape index (κ2) is 12.0. The lowest BCUT2D eigenvalue weighted by atomic mass is 9.82. The minimum Gasteiger partial charge on any atom is -0.493 e. The molecule has 0 spiro atoms. The second-order valence-corrected chi connectivity index (χ2v) is 11.4. The predicted octanol–water partition coefficient (Wildman–Crippen LogP) is 5.26. The van der Waals surface area contributed by atoms with Gasteiger partial charge in [-0.05, 0) is 74.9 Å². The molecule has 4 N–H and O–H groups in total. The van der Waals surface area contributed by atoms with Crippen LogP contribution in [0.15, 0.2) is 48.5 Å². The lowest BCUT2D eigenvalue weighted by Gasteiger charge is -2.33. The molecule has 0 saturated carbocycles. The van der Waals surface area contributed by atoms with Gasteiger partial charge in [-0.15, -0.1) is 0 Å². The molecule has 1 aliphatic rings. The summed E-state index contributed by atoms with van der Waals surface area (Å²) in [6, 6.07) is 10.6. The van der Waals surface area contributed by atoms with E-state index in [0.29, 0.717) is 18.5 Å². The monoisotopic (exact) mass is 622 g/mol. The molecule has 4 rings (SSSR count). The summed E-state index contributed by atoms with van der Waals surface area (Å²) in [7, 11) is 1.34. The summed E-state index contributed by atoms with van der Waals surface area (Å²) in [6.45, 7) is 3.77. The molecule has 13 heteroatoms. The van der Waals surface area contributed by atoms with Gasteiger partial charge in [0, 0.05) is 36.2 Å². The molecule has 3 aromatic rings. The highest BCUT2D eigenvalue weighted by atomic mass is 35.5. The van der Waals surface area contributed by atoms with Gasteiger partial charge in [-0.2, -0.15) is 13.2 Å². The number of aromatic nitrogens is 1. The van der Waals surface area contributed by atoms with Crippen molar-refractivity contribution in [3.8, 4) is 22.8 Å². The fourth-order valence-corrected chi connectivity index (χ4v) is 4.61. The minimum atomic E-state index is -4.86. The van der Waals surface area contributed by atoms with Crippen LogP contribution in [0, 0.1) is 5.82 Å². The zero-order valence-electron chi connectivity index (χ0n) is 23.9. The van der Waals surface area contributed by atoms with Crippen LogP contribution < -0.4 is 25.8 Å².